The maximum atomic E-state index is 10.9. The van der Waals surface area contributed by atoms with Gasteiger partial charge in [0, 0.05) is 5.41 Å². The highest BCUT2D eigenvalue weighted by Crippen LogP contribution is 2.37. The van der Waals surface area contributed by atoms with Crippen LogP contribution in [0.1, 0.15) is 34.1 Å². The van der Waals surface area contributed by atoms with Crippen molar-refractivity contribution in [1.29, 1.82) is 0 Å². The molecule has 0 saturated carbocycles. The van der Waals surface area contributed by atoms with Crippen LogP contribution in [0, 0.1) is 5.41 Å². The molecule has 3 heteroatoms. The smallest absolute Gasteiger partial charge is 0.309 e. The summed E-state index contributed by atoms with van der Waals surface area (Å²) in [5.74, 6) is -0.306. The van der Waals surface area contributed by atoms with Gasteiger partial charge in [-0.3, -0.25) is 4.79 Å². The highest BCUT2D eigenvalue weighted by molar-refractivity contribution is 5.73. The fourth-order valence-electron chi connectivity index (χ4n) is 1.79. The number of aliphatic hydroxyl groups is 1. The summed E-state index contributed by atoms with van der Waals surface area (Å²) in [7, 11) is 0. The zero-order valence-corrected chi connectivity index (χ0v) is 8.05. The van der Waals surface area contributed by atoms with E-state index in [1.165, 1.54) is 0 Å². The van der Waals surface area contributed by atoms with Crippen molar-refractivity contribution >= 4 is 5.97 Å². The molecule has 1 saturated heterocycles. The van der Waals surface area contributed by atoms with Crippen molar-refractivity contribution in [1.82, 2.24) is 0 Å². The van der Waals surface area contributed by atoms with Gasteiger partial charge >= 0.3 is 5.97 Å². The molecule has 1 aliphatic rings. The first kappa shape index (κ1) is 9.52. The Kier molecular flexibility index (Phi) is 1.95. The Hall–Kier alpha value is -0.570. The van der Waals surface area contributed by atoms with Crippen LogP contribution in [0.25, 0.3) is 0 Å². The first-order valence-corrected chi connectivity index (χ1v) is 4.15. The van der Waals surface area contributed by atoms with Gasteiger partial charge in [0.25, 0.3) is 0 Å². The molecule has 1 N–H and O–H groups in total. The second-order valence-electron chi connectivity index (χ2n) is 4.77. The molecule has 3 nitrogen and oxygen atoms in total. The van der Waals surface area contributed by atoms with Crippen LogP contribution >= 0.6 is 0 Å². The third-order valence-corrected chi connectivity index (χ3v) is 2.10. The molecule has 0 radical (unpaired) electrons. The third kappa shape index (κ3) is 1.61. The average molecular weight is 172 g/mol. The zero-order chi connectivity index (χ0) is 9.57. The van der Waals surface area contributed by atoms with Crippen molar-refractivity contribution in [3.05, 3.63) is 0 Å². The second kappa shape index (κ2) is 2.46. The monoisotopic (exact) mass is 172 g/mol. The number of carbonyl (C=O) groups excluding carboxylic acids is 1. The summed E-state index contributed by atoms with van der Waals surface area (Å²) in [5.41, 5.74) is -1.20. The Morgan fingerprint density at radius 1 is 1.58 bits per heavy atom. The van der Waals surface area contributed by atoms with E-state index in [1.54, 1.807) is 6.92 Å². The van der Waals surface area contributed by atoms with E-state index < -0.39 is 11.7 Å². The lowest BCUT2D eigenvalue weighted by molar-refractivity contribution is -0.148. The molecule has 0 aromatic carbocycles. The van der Waals surface area contributed by atoms with Crippen LogP contribution in [0.4, 0.5) is 0 Å². The van der Waals surface area contributed by atoms with Gasteiger partial charge in [0.15, 0.2) is 0 Å². The zero-order valence-electron chi connectivity index (χ0n) is 8.05. The number of rotatable bonds is 0. The Labute approximate surface area is 72.7 Å². The summed E-state index contributed by atoms with van der Waals surface area (Å²) in [4.78, 5) is 10.9. The molecule has 12 heavy (non-hydrogen) atoms. The summed E-state index contributed by atoms with van der Waals surface area (Å²) in [6, 6.07) is 0. The molecular weight excluding hydrogens is 156 g/mol. The van der Waals surface area contributed by atoms with E-state index in [2.05, 4.69) is 0 Å². The fraction of sp³-hybridized carbons (Fsp3) is 0.889. The van der Waals surface area contributed by atoms with E-state index in [0.717, 1.165) is 0 Å². The first-order chi connectivity index (χ1) is 5.23. The molecular formula is C9H16O3. The maximum Gasteiger partial charge on any atom is 0.309 e. The van der Waals surface area contributed by atoms with Gasteiger partial charge in [-0.25, -0.2) is 0 Å². The lowest BCUT2D eigenvalue weighted by atomic mass is 9.79. The second-order valence-corrected chi connectivity index (χ2v) is 4.77. The molecule has 0 aliphatic carbocycles. The predicted octanol–water partition coefficient (Wildman–Crippen LogP) is 1.10. The summed E-state index contributed by atoms with van der Waals surface area (Å²) >= 11 is 0. The summed E-state index contributed by atoms with van der Waals surface area (Å²) in [6.07, 6.45) is -0.285. The SMILES string of the molecule is CC(C)(C)[C@@H]1OC(=O)C[C@]1(C)O. The van der Waals surface area contributed by atoms with Gasteiger partial charge in [-0.1, -0.05) is 20.8 Å². The molecule has 1 heterocycles. The lowest BCUT2D eigenvalue weighted by Crippen LogP contribution is -2.43. The van der Waals surface area contributed by atoms with E-state index in [-0.39, 0.29) is 17.8 Å². The van der Waals surface area contributed by atoms with Crippen molar-refractivity contribution < 1.29 is 14.6 Å². The van der Waals surface area contributed by atoms with E-state index in [1.807, 2.05) is 20.8 Å². The molecule has 0 amide bonds. The first-order valence-electron chi connectivity index (χ1n) is 4.15. The van der Waals surface area contributed by atoms with Gasteiger partial charge in [0.1, 0.15) is 11.7 Å². The number of esters is 1. The molecule has 0 unspecified atom stereocenters. The standard InChI is InChI=1S/C9H16O3/c1-8(2,3)7-9(4,11)5-6(10)12-7/h7,11H,5H2,1-4H3/t7-,9-/m0/s1. The Morgan fingerprint density at radius 3 is 2.25 bits per heavy atom. The van der Waals surface area contributed by atoms with Gasteiger partial charge < -0.3 is 9.84 Å². The third-order valence-electron chi connectivity index (χ3n) is 2.10. The van der Waals surface area contributed by atoms with Gasteiger partial charge in [0.2, 0.25) is 0 Å². The molecule has 2 atom stereocenters. The Morgan fingerprint density at radius 2 is 2.08 bits per heavy atom. The van der Waals surface area contributed by atoms with Crippen molar-refractivity contribution in [2.24, 2.45) is 5.41 Å². The number of carbonyl (C=O) groups is 1. The molecule has 0 bridgehead atoms. The van der Waals surface area contributed by atoms with E-state index in [0.29, 0.717) is 0 Å². The quantitative estimate of drug-likeness (QED) is 0.556. The number of hydrogen-bond donors (Lipinski definition) is 1. The van der Waals surface area contributed by atoms with Crippen LogP contribution in [0.5, 0.6) is 0 Å². The van der Waals surface area contributed by atoms with Crippen LogP contribution in [-0.4, -0.2) is 22.8 Å². The minimum atomic E-state index is -1.00. The molecule has 0 spiro atoms. The van der Waals surface area contributed by atoms with Crippen molar-refractivity contribution in [2.45, 2.75) is 45.8 Å². The van der Waals surface area contributed by atoms with E-state index >= 15 is 0 Å². The molecule has 1 rings (SSSR count). The maximum absolute atomic E-state index is 10.9. The van der Waals surface area contributed by atoms with Crippen LogP contribution in [-0.2, 0) is 9.53 Å². The van der Waals surface area contributed by atoms with Gasteiger partial charge in [-0.15, -0.1) is 0 Å². The van der Waals surface area contributed by atoms with Crippen LogP contribution in [0.3, 0.4) is 0 Å². The van der Waals surface area contributed by atoms with Crippen molar-refractivity contribution in [3.63, 3.8) is 0 Å². The van der Waals surface area contributed by atoms with Crippen LogP contribution in [0.2, 0.25) is 0 Å². The van der Waals surface area contributed by atoms with E-state index in [9.17, 15) is 9.90 Å². The molecule has 1 aliphatic heterocycles. The van der Waals surface area contributed by atoms with Gasteiger partial charge in [-0.2, -0.15) is 0 Å². The van der Waals surface area contributed by atoms with Gasteiger partial charge in [-0.05, 0) is 6.92 Å². The molecule has 70 valence electrons. The predicted molar refractivity (Wildman–Crippen MR) is 44.6 cm³/mol. The number of hydrogen-bond acceptors (Lipinski definition) is 3. The Balaban J connectivity index is 2.86. The van der Waals surface area contributed by atoms with Crippen LogP contribution < -0.4 is 0 Å². The average Bonchev–Trinajstić information content (AvgIpc) is 2.02. The normalized spacial score (nSPS) is 36.8. The molecule has 1 fully saturated rings. The lowest BCUT2D eigenvalue weighted by Gasteiger charge is -2.33. The van der Waals surface area contributed by atoms with Gasteiger partial charge in [0.05, 0.1) is 6.42 Å². The minimum Gasteiger partial charge on any atom is -0.459 e. The van der Waals surface area contributed by atoms with Crippen molar-refractivity contribution in [3.8, 4) is 0 Å². The number of cyclic esters (lactones) is 1. The summed E-state index contributed by atoms with van der Waals surface area (Å²) in [6.45, 7) is 7.49. The topological polar surface area (TPSA) is 46.5 Å². The fourth-order valence-corrected chi connectivity index (χ4v) is 1.79. The van der Waals surface area contributed by atoms with E-state index in [4.69, 9.17) is 4.74 Å². The minimum absolute atomic E-state index is 0.106. The Bertz CT molecular complexity index is 200. The van der Waals surface area contributed by atoms with Crippen molar-refractivity contribution in [2.75, 3.05) is 0 Å². The molecule has 0 aromatic heterocycles. The molecule has 0 aromatic rings. The highest BCUT2D eigenvalue weighted by atomic mass is 16.6. The van der Waals surface area contributed by atoms with Crippen LogP contribution in [0.15, 0.2) is 0 Å². The highest BCUT2D eigenvalue weighted by Gasteiger charge is 2.49. The summed E-state index contributed by atoms with van der Waals surface area (Å²) in [5, 5.41) is 9.81. The largest absolute Gasteiger partial charge is 0.459 e. The number of ether oxygens (including phenoxy) is 1. The summed E-state index contributed by atoms with van der Waals surface area (Å²) < 4.78 is 5.05.